The Morgan fingerprint density at radius 3 is 2.45 bits per heavy atom. The molecule has 0 atom stereocenters. The van der Waals surface area contributed by atoms with E-state index in [2.05, 4.69) is 5.32 Å². The van der Waals surface area contributed by atoms with Gasteiger partial charge in [0.05, 0.1) is 17.7 Å². The molecular weight excluding hydrogens is 288 g/mol. The van der Waals surface area contributed by atoms with Crippen LogP contribution in [0.3, 0.4) is 0 Å². The number of methoxy groups -OCH3 is 1. The molecule has 2 aromatic carbocycles. The summed E-state index contributed by atoms with van der Waals surface area (Å²) in [4.78, 5) is 33.2. The van der Waals surface area contributed by atoms with Crippen LogP contribution in [-0.4, -0.2) is 24.2 Å². The zero-order valence-electron chi connectivity index (χ0n) is 11.6. The lowest BCUT2D eigenvalue weighted by atomic mass is 10.1. The fraction of sp³-hybridized carbons (Fsp3) is 0.0667. The van der Waals surface area contributed by atoms with Crippen molar-refractivity contribution in [2.75, 3.05) is 12.4 Å². The van der Waals surface area contributed by atoms with Crippen molar-refractivity contribution in [2.24, 2.45) is 0 Å². The summed E-state index contributed by atoms with van der Waals surface area (Å²) in [6.07, 6.45) is 0.616. The maximum absolute atomic E-state index is 12.1. The molecule has 0 aromatic heterocycles. The average Bonchev–Trinajstić information content (AvgIpc) is 2.54. The molecule has 0 aliphatic rings. The van der Waals surface area contributed by atoms with Crippen molar-refractivity contribution < 1.29 is 19.2 Å². The van der Waals surface area contributed by atoms with Crippen LogP contribution in [0.25, 0.3) is 0 Å². The first-order valence-electron chi connectivity index (χ1n) is 6.24. The average molecular weight is 300 g/mol. The van der Waals surface area contributed by atoms with E-state index >= 15 is 0 Å². The monoisotopic (exact) mass is 300 g/mol. The van der Waals surface area contributed by atoms with E-state index < -0.39 is 10.8 Å². The van der Waals surface area contributed by atoms with Gasteiger partial charge in [0, 0.05) is 29.3 Å². The van der Waals surface area contributed by atoms with Gasteiger partial charge in [-0.15, -0.1) is 0 Å². The molecular formula is C15H12N2O5. The Hall–Kier alpha value is -3.22. The largest absolute Gasteiger partial charge is 0.497 e. The second kappa shape index (κ2) is 6.49. The second-order valence-corrected chi connectivity index (χ2v) is 4.33. The van der Waals surface area contributed by atoms with Gasteiger partial charge in [0.2, 0.25) is 0 Å². The number of nitrogens with zero attached hydrogens (tertiary/aromatic N) is 1. The van der Waals surface area contributed by atoms with Crippen LogP contribution >= 0.6 is 0 Å². The minimum atomic E-state index is -0.547. The van der Waals surface area contributed by atoms with Crippen molar-refractivity contribution in [3.05, 3.63) is 63.7 Å². The van der Waals surface area contributed by atoms with Gasteiger partial charge in [0.25, 0.3) is 11.6 Å². The molecule has 7 heteroatoms. The lowest BCUT2D eigenvalue weighted by Crippen LogP contribution is -2.13. The summed E-state index contributed by atoms with van der Waals surface area (Å²) in [6, 6.07) is 9.81. The molecule has 0 spiro atoms. The highest BCUT2D eigenvalue weighted by molar-refractivity contribution is 6.06. The number of ether oxygens (including phenoxy) is 1. The Morgan fingerprint density at radius 1 is 1.23 bits per heavy atom. The zero-order valence-corrected chi connectivity index (χ0v) is 11.6. The maximum atomic E-state index is 12.1. The summed E-state index contributed by atoms with van der Waals surface area (Å²) in [5.41, 5.74) is 0.741. The molecule has 112 valence electrons. The quantitative estimate of drug-likeness (QED) is 0.520. The molecule has 2 rings (SSSR count). The highest BCUT2D eigenvalue weighted by atomic mass is 16.6. The number of nitro benzene ring substituents is 1. The van der Waals surface area contributed by atoms with Crippen LogP contribution < -0.4 is 10.1 Å². The van der Waals surface area contributed by atoms with E-state index in [1.807, 2.05) is 0 Å². The molecule has 0 aliphatic heterocycles. The molecule has 0 aliphatic carbocycles. The van der Waals surface area contributed by atoms with Gasteiger partial charge in [-0.3, -0.25) is 19.7 Å². The topological polar surface area (TPSA) is 98.5 Å². The first-order chi connectivity index (χ1) is 10.5. The molecule has 0 bridgehead atoms. The lowest BCUT2D eigenvalue weighted by molar-refractivity contribution is -0.384. The standard InChI is InChI=1S/C15H12N2O5/c1-22-13-7-4-11(9-18)14(8-13)16-15(19)10-2-5-12(6-3-10)17(20)21/h2-9H,1H3,(H,16,19). The number of hydrogen-bond acceptors (Lipinski definition) is 5. The number of anilines is 1. The summed E-state index contributed by atoms with van der Waals surface area (Å²) in [5.74, 6) is 0.0100. The SMILES string of the molecule is COc1ccc(C=O)c(NC(=O)c2ccc([N+](=O)[O-])cc2)c1. The van der Waals surface area contributed by atoms with Crippen molar-refractivity contribution in [3.63, 3.8) is 0 Å². The van der Waals surface area contributed by atoms with Gasteiger partial charge in [0.15, 0.2) is 6.29 Å². The molecule has 0 saturated heterocycles. The van der Waals surface area contributed by atoms with Gasteiger partial charge in [-0.05, 0) is 24.3 Å². The molecule has 0 fully saturated rings. The highest BCUT2D eigenvalue weighted by Crippen LogP contribution is 2.22. The minimum absolute atomic E-state index is 0.105. The van der Waals surface area contributed by atoms with Gasteiger partial charge >= 0.3 is 0 Å². The van der Waals surface area contributed by atoms with E-state index in [0.29, 0.717) is 23.3 Å². The molecule has 0 heterocycles. The van der Waals surface area contributed by atoms with Crippen LogP contribution in [-0.2, 0) is 0 Å². The summed E-state index contributed by atoms with van der Waals surface area (Å²) in [5, 5.41) is 13.2. The van der Waals surface area contributed by atoms with Gasteiger partial charge < -0.3 is 10.1 Å². The number of benzene rings is 2. The molecule has 7 nitrogen and oxygen atoms in total. The Kier molecular flexibility index (Phi) is 4.47. The van der Waals surface area contributed by atoms with Crippen LogP contribution in [0.1, 0.15) is 20.7 Å². The van der Waals surface area contributed by atoms with Crippen molar-refractivity contribution in [2.45, 2.75) is 0 Å². The Balaban J connectivity index is 2.24. The number of nitrogens with one attached hydrogen (secondary N) is 1. The normalized spacial score (nSPS) is 9.86. The Labute approximate surface area is 125 Å². The van der Waals surface area contributed by atoms with Crippen molar-refractivity contribution in [3.8, 4) is 5.75 Å². The number of amides is 1. The first-order valence-corrected chi connectivity index (χ1v) is 6.24. The molecule has 22 heavy (non-hydrogen) atoms. The van der Waals surface area contributed by atoms with Crippen molar-refractivity contribution in [1.82, 2.24) is 0 Å². The Morgan fingerprint density at radius 2 is 1.91 bits per heavy atom. The molecule has 0 unspecified atom stereocenters. The van der Waals surface area contributed by atoms with Crippen LogP contribution in [0.15, 0.2) is 42.5 Å². The van der Waals surface area contributed by atoms with Gasteiger partial charge in [-0.25, -0.2) is 0 Å². The van der Waals surface area contributed by atoms with Gasteiger partial charge in [0.1, 0.15) is 5.75 Å². The molecule has 1 amide bonds. The number of rotatable bonds is 5. The predicted molar refractivity (Wildman–Crippen MR) is 79.4 cm³/mol. The number of nitro groups is 1. The third-order valence-corrected chi connectivity index (χ3v) is 2.98. The summed E-state index contributed by atoms with van der Waals surface area (Å²) in [7, 11) is 1.47. The molecule has 2 aromatic rings. The smallest absolute Gasteiger partial charge is 0.269 e. The van der Waals surface area contributed by atoms with Crippen LogP contribution in [0, 0.1) is 10.1 Å². The lowest BCUT2D eigenvalue weighted by Gasteiger charge is -2.09. The van der Waals surface area contributed by atoms with Crippen molar-refractivity contribution >= 4 is 23.6 Å². The molecule has 0 saturated carbocycles. The third kappa shape index (κ3) is 3.26. The summed E-state index contributed by atoms with van der Waals surface area (Å²) >= 11 is 0. The number of hydrogen-bond donors (Lipinski definition) is 1. The highest BCUT2D eigenvalue weighted by Gasteiger charge is 2.12. The fourth-order valence-electron chi connectivity index (χ4n) is 1.80. The van der Waals surface area contributed by atoms with E-state index in [9.17, 15) is 19.7 Å². The Bertz CT molecular complexity index is 725. The summed E-state index contributed by atoms with van der Waals surface area (Å²) < 4.78 is 5.04. The van der Waals surface area contributed by atoms with Crippen LogP contribution in [0.4, 0.5) is 11.4 Å². The summed E-state index contributed by atoms with van der Waals surface area (Å²) in [6.45, 7) is 0. The molecule has 1 N–H and O–H groups in total. The third-order valence-electron chi connectivity index (χ3n) is 2.98. The number of non-ortho nitro benzene ring substituents is 1. The van der Waals surface area contributed by atoms with E-state index in [4.69, 9.17) is 4.74 Å². The van der Waals surface area contributed by atoms with Gasteiger partial charge in [-0.2, -0.15) is 0 Å². The van der Waals surface area contributed by atoms with Gasteiger partial charge in [-0.1, -0.05) is 0 Å². The fourth-order valence-corrected chi connectivity index (χ4v) is 1.80. The van der Waals surface area contributed by atoms with Crippen molar-refractivity contribution in [1.29, 1.82) is 0 Å². The maximum Gasteiger partial charge on any atom is 0.269 e. The van der Waals surface area contributed by atoms with E-state index in [-0.39, 0.29) is 11.3 Å². The zero-order chi connectivity index (χ0) is 16.1. The van der Waals surface area contributed by atoms with E-state index in [1.165, 1.54) is 43.5 Å². The predicted octanol–water partition coefficient (Wildman–Crippen LogP) is 2.67. The first kappa shape index (κ1) is 15.2. The number of carbonyl (C=O) groups is 2. The number of aldehydes is 1. The van der Waals surface area contributed by atoms with Crippen LogP contribution in [0.2, 0.25) is 0 Å². The minimum Gasteiger partial charge on any atom is -0.497 e. The number of carbonyl (C=O) groups excluding carboxylic acids is 2. The van der Waals surface area contributed by atoms with E-state index in [1.54, 1.807) is 6.07 Å². The van der Waals surface area contributed by atoms with E-state index in [0.717, 1.165) is 0 Å². The molecule has 0 radical (unpaired) electrons. The second-order valence-electron chi connectivity index (χ2n) is 4.33. The van der Waals surface area contributed by atoms with Crippen LogP contribution in [0.5, 0.6) is 5.75 Å².